The fourth-order valence-electron chi connectivity index (χ4n) is 3.79. The number of hydrogen-bond acceptors (Lipinski definition) is 5. The maximum Gasteiger partial charge on any atom is 0.337 e. The Morgan fingerprint density at radius 2 is 1.90 bits per heavy atom. The number of esters is 1. The lowest BCUT2D eigenvalue weighted by Crippen LogP contribution is -2.44. The third-order valence-electron chi connectivity index (χ3n) is 5.68. The molecule has 0 aromatic heterocycles. The summed E-state index contributed by atoms with van der Waals surface area (Å²) in [5, 5.41) is 0. The zero-order valence-corrected chi connectivity index (χ0v) is 18.0. The Balaban J connectivity index is 2.01. The minimum atomic E-state index is -3.88. The van der Waals surface area contributed by atoms with E-state index in [1.165, 1.54) is 13.2 Å². The van der Waals surface area contributed by atoms with Crippen LogP contribution in [0, 0.1) is 6.92 Å². The molecule has 0 fully saturated rings. The van der Waals surface area contributed by atoms with Crippen LogP contribution in [-0.2, 0) is 14.8 Å². The van der Waals surface area contributed by atoms with Crippen LogP contribution in [-0.4, -0.2) is 27.1 Å². The van der Waals surface area contributed by atoms with Crippen molar-refractivity contribution in [2.24, 2.45) is 0 Å². The summed E-state index contributed by atoms with van der Waals surface area (Å²) in [5.41, 5.74) is 1.14. The zero-order chi connectivity index (χ0) is 21.2. The van der Waals surface area contributed by atoms with E-state index in [0.29, 0.717) is 17.7 Å². The minimum Gasteiger partial charge on any atom is -0.487 e. The molecule has 0 bridgehead atoms. The van der Waals surface area contributed by atoms with Crippen LogP contribution in [0.5, 0.6) is 5.75 Å². The molecular weight excluding hydrogens is 390 g/mol. The van der Waals surface area contributed by atoms with Crippen LogP contribution in [0.25, 0.3) is 0 Å². The topological polar surface area (TPSA) is 81.7 Å². The first kappa shape index (κ1) is 21.3. The van der Waals surface area contributed by atoms with Gasteiger partial charge in [0.1, 0.15) is 11.4 Å². The third kappa shape index (κ3) is 4.16. The normalized spacial score (nSPS) is 17.9. The highest BCUT2D eigenvalue weighted by molar-refractivity contribution is 7.89. The predicted octanol–water partition coefficient (Wildman–Crippen LogP) is 4.14. The second-order valence-corrected chi connectivity index (χ2v) is 9.06. The molecule has 0 radical (unpaired) electrons. The van der Waals surface area contributed by atoms with E-state index in [4.69, 9.17) is 9.47 Å². The van der Waals surface area contributed by atoms with Crippen LogP contribution < -0.4 is 9.46 Å². The first-order valence-corrected chi connectivity index (χ1v) is 11.2. The average Bonchev–Trinajstić information content (AvgIpc) is 2.72. The molecule has 0 saturated heterocycles. The molecule has 0 unspecified atom stereocenters. The highest BCUT2D eigenvalue weighted by Gasteiger charge is 2.40. The van der Waals surface area contributed by atoms with Crippen LogP contribution in [0.3, 0.4) is 0 Å². The fraction of sp³-hybridized carbons (Fsp3) is 0.409. The molecule has 1 atom stereocenters. The van der Waals surface area contributed by atoms with E-state index >= 15 is 0 Å². The smallest absolute Gasteiger partial charge is 0.337 e. The van der Waals surface area contributed by atoms with Gasteiger partial charge in [-0.2, -0.15) is 0 Å². The van der Waals surface area contributed by atoms with Gasteiger partial charge in [0.05, 0.1) is 23.6 Å². The van der Waals surface area contributed by atoms with Crippen molar-refractivity contribution in [3.63, 3.8) is 0 Å². The quantitative estimate of drug-likeness (QED) is 0.715. The van der Waals surface area contributed by atoms with Gasteiger partial charge in [-0.3, -0.25) is 0 Å². The molecule has 0 spiro atoms. The molecule has 0 saturated carbocycles. The molecule has 0 aliphatic carbocycles. The van der Waals surface area contributed by atoms with Gasteiger partial charge in [-0.15, -0.1) is 0 Å². The highest BCUT2D eigenvalue weighted by atomic mass is 32.2. The molecule has 2 aromatic rings. The minimum absolute atomic E-state index is 0.0722. The molecule has 0 amide bonds. The number of aryl methyl sites for hydroxylation is 1. The molecule has 3 rings (SSSR count). The van der Waals surface area contributed by atoms with Crippen LogP contribution >= 0.6 is 0 Å². The number of carbonyl (C=O) groups is 1. The fourth-order valence-corrected chi connectivity index (χ4v) is 5.28. The number of sulfonamides is 1. The summed E-state index contributed by atoms with van der Waals surface area (Å²) < 4.78 is 40.4. The lowest BCUT2D eigenvalue weighted by atomic mass is 9.84. The van der Waals surface area contributed by atoms with Gasteiger partial charge in [0.25, 0.3) is 0 Å². The second-order valence-electron chi connectivity index (χ2n) is 7.38. The Labute approximate surface area is 172 Å². The van der Waals surface area contributed by atoms with Crippen molar-refractivity contribution in [1.29, 1.82) is 0 Å². The number of fused-ring (bicyclic) bond motifs is 1. The summed E-state index contributed by atoms with van der Waals surface area (Å²) in [7, 11) is -2.61. The van der Waals surface area contributed by atoms with Crippen molar-refractivity contribution in [3.8, 4) is 5.75 Å². The van der Waals surface area contributed by atoms with Gasteiger partial charge in [-0.25, -0.2) is 17.9 Å². The molecule has 7 heteroatoms. The number of rotatable bonds is 6. The zero-order valence-electron chi connectivity index (χ0n) is 17.2. The van der Waals surface area contributed by atoms with Gasteiger partial charge >= 0.3 is 5.97 Å². The van der Waals surface area contributed by atoms with Crippen molar-refractivity contribution < 1.29 is 22.7 Å². The number of para-hydroxylation sites is 1. The van der Waals surface area contributed by atoms with Crippen molar-refractivity contribution >= 4 is 16.0 Å². The number of methoxy groups -OCH3 is 1. The lowest BCUT2D eigenvalue weighted by Gasteiger charge is -2.41. The Morgan fingerprint density at radius 3 is 2.55 bits per heavy atom. The number of benzene rings is 2. The summed E-state index contributed by atoms with van der Waals surface area (Å²) >= 11 is 0. The van der Waals surface area contributed by atoms with Gasteiger partial charge in [-0.1, -0.05) is 38.1 Å². The maximum absolute atomic E-state index is 13.3. The Hall–Kier alpha value is -2.38. The average molecular weight is 418 g/mol. The van der Waals surface area contributed by atoms with Gasteiger partial charge in [0, 0.05) is 12.0 Å². The lowest BCUT2D eigenvalue weighted by molar-refractivity contribution is 0.0260. The van der Waals surface area contributed by atoms with Crippen LogP contribution in [0.1, 0.15) is 60.6 Å². The van der Waals surface area contributed by atoms with E-state index in [2.05, 4.69) is 4.72 Å². The number of hydrogen-bond donors (Lipinski definition) is 1. The Morgan fingerprint density at radius 1 is 1.21 bits per heavy atom. The molecular formula is C22H27NO5S. The molecule has 1 aliphatic rings. The summed E-state index contributed by atoms with van der Waals surface area (Å²) in [4.78, 5) is 11.9. The molecule has 1 N–H and O–H groups in total. The predicted molar refractivity (Wildman–Crippen MR) is 111 cm³/mol. The van der Waals surface area contributed by atoms with Crippen LogP contribution in [0.4, 0.5) is 0 Å². The van der Waals surface area contributed by atoms with Crippen molar-refractivity contribution in [3.05, 3.63) is 59.2 Å². The first-order chi connectivity index (χ1) is 13.7. The molecule has 1 aliphatic heterocycles. The molecule has 1 heterocycles. The number of carbonyl (C=O) groups excluding carboxylic acids is 1. The van der Waals surface area contributed by atoms with Gasteiger partial charge in [0.2, 0.25) is 10.0 Å². The third-order valence-corrected chi connectivity index (χ3v) is 7.30. The van der Waals surface area contributed by atoms with Crippen molar-refractivity contribution in [1.82, 2.24) is 4.72 Å². The van der Waals surface area contributed by atoms with E-state index in [1.807, 2.05) is 38.1 Å². The van der Waals surface area contributed by atoms with Gasteiger partial charge < -0.3 is 9.47 Å². The van der Waals surface area contributed by atoms with Crippen LogP contribution in [0.15, 0.2) is 47.4 Å². The van der Waals surface area contributed by atoms with E-state index in [0.717, 1.165) is 18.4 Å². The van der Waals surface area contributed by atoms with E-state index < -0.39 is 27.6 Å². The molecule has 29 heavy (non-hydrogen) atoms. The molecule has 156 valence electrons. The summed E-state index contributed by atoms with van der Waals surface area (Å²) in [6.45, 7) is 5.80. The Bertz CT molecular complexity index is 1010. The largest absolute Gasteiger partial charge is 0.487 e. The SMILES string of the molecule is CCC1(CC)C[C@H](NS(=O)(=O)c2cc(C(=O)OC)ccc2C)c2ccccc2O1. The maximum atomic E-state index is 13.3. The van der Waals surface area contributed by atoms with Gasteiger partial charge in [0.15, 0.2) is 0 Å². The number of nitrogens with one attached hydrogen (secondary N) is 1. The molecule has 2 aromatic carbocycles. The van der Waals surface area contributed by atoms with E-state index in [9.17, 15) is 13.2 Å². The highest BCUT2D eigenvalue weighted by Crippen LogP contribution is 2.43. The summed E-state index contributed by atoms with van der Waals surface area (Å²) in [6.07, 6.45) is 2.08. The summed E-state index contributed by atoms with van der Waals surface area (Å²) in [5.74, 6) is 0.129. The Kier molecular flexibility index (Phi) is 6.00. The molecule has 6 nitrogen and oxygen atoms in total. The first-order valence-electron chi connectivity index (χ1n) is 9.74. The second kappa shape index (κ2) is 8.16. The standard InChI is InChI=1S/C22H27NO5S/c1-5-22(6-2)14-18(17-9-7-8-10-19(17)28-22)23-29(25,26)20-13-16(21(24)27-4)12-11-15(20)3/h7-13,18,23H,5-6,14H2,1-4H3/t18-/m0/s1. The van der Waals surface area contributed by atoms with Crippen LogP contribution in [0.2, 0.25) is 0 Å². The van der Waals surface area contributed by atoms with Crippen molar-refractivity contribution in [2.75, 3.05) is 7.11 Å². The number of ether oxygens (including phenoxy) is 2. The summed E-state index contributed by atoms with van der Waals surface area (Å²) in [6, 6.07) is 11.6. The van der Waals surface area contributed by atoms with Gasteiger partial charge in [-0.05, 0) is 43.5 Å². The monoisotopic (exact) mass is 417 g/mol. The van der Waals surface area contributed by atoms with Crippen molar-refractivity contribution in [2.45, 2.75) is 56.6 Å². The van der Waals surface area contributed by atoms with E-state index in [1.54, 1.807) is 19.1 Å². The van der Waals surface area contributed by atoms with E-state index in [-0.39, 0.29) is 10.5 Å².